The number of hydrogen-bond donors (Lipinski definition) is 1. The lowest BCUT2D eigenvalue weighted by Gasteiger charge is -2.10. The second kappa shape index (κ2) is 5.47. The van der Waals surface area contributed by atoms with Gasteiger partial charge >= 0.3 is 0 Å². The molecule has 0 radical (unpaired) electrons. The predicted molar refractivity (Wildman–Crippen MR) is 82.2 cm³/mol. The first-order valence-corrected chi connectivity index (χ1v) is 7.27. The Balaban J connectivity index is 1.73. The van der Waals surface area contributed by atoms with Crippen molar-refractivity contribution in [2.45, 2.75) is 32.4 Å². The van der Waals surface area contributed by atoms with Gasteiger partial charge in [-0.25, -0.2) is 0 Å². The highest BCUT2D eigenvalue weighted by atomic mass is 35.5. The van der Waals surface area contributed by atoms with E-state index in [4.69, 9.17) is 22.1 Å². The maximum atomic E-state index is 6.21. The largest absolute Gasteiger partial charge is 0.489 e. The fraction of sp³-hybridized carbons (Fsp3) is 0.294. The fourth-order valence-corrected chi connectivity index (χ4v) is 2.94. The second-order valence-electron chi connectivity index (χ2n) is 5.39. The quantitative estimate of drug-likeness (QED) is 0.919. The van der Waals surface area contributed by atoms with Gasteiger partial charge in [-0.05, 0) is 54.7 Å². The van der Waals surface area contributed by atoms with Gasteiger partial charge < -0.3 is 10.5 Å². The molecule has 2 aromatic carbocycles. The van der Waals surface area contributed by atoms with Crippen LogP contribution in [0.15, 0.2) is 36.4 Å². The molecule has 2 N–H and O–H groups in total. The zero-order valence-corrected chi connectivity index (χ0v) is 12.3. The summed E-state index contributed by atoms with van der Waals surface area (Å²) in [4.78, 5) is 0. The van der Waals surface area contributed by atoms with Crippen molar-refractivity contribution in [1.82, 2.24) is 0 Å². The van der Waals surface area contributed by atoms with Gasteiger partial charge in [0.05, 0.1) is 0 Å². The Morgan fingerprint density at radius 2 is 2.10 bits per heavy atom. The Hall–Kier alpha value is -1.51. The van der Waals surface area contributed by atoms with E-state index >= 15 is 0 Å². The molecule has 1 atom stereocenters. The third-order valence-electron chi connectivity index (χ3n) is 3.84. The number of fused-ring (bicyclic) bond motifs is 1. The van der Waals surface area contributed by atoms with Crippen molar-refractivity contribution in [3.63, 3.8) is 0 Å². The van der Waals surface area contributed by atoms with Gasteiger partial charge in [-0.1, -0.05) is 29.8 Å². The Kier molecular flexibility index (Phi) is 3.68. The molecule has 0 saturated heterocycles. The molecule has 0 saturated carbocycles. The minimum atomic E-state index is 0.186. The highest BCUT2D eigenvalue weighted by Gasteiger charge is 2.19. The summed E-state index contributed by atoms with van der Waals surface area (Å²) in [7, 11) is 0. The van der Waals surface area contributed by atoms with Crippen LogP contribution < -0.4 is 10.5 Å². The van der Waals surface area contributed by atoms with Crippen LogP contribution in [0.2, 0.25) is 5.02 Å². The smallest absolute Gasteiger partial charge is 0.120 e. The van der Waals surface area contributed by atoms with Crippen molar-refractivity contribution in [3.8, 4) is 5.75 Å². The van der Waals surface area contributed by atoms with Crippen molar-refractivity contribution >= 4 is 11.6 Å². The van der Waals surface area contributed by atoms with Gasteiger partial charge in [0.2, 0.25) is 0 Å². The molecule has 2 nitrogen and oxygen atoms in total. The summed E-state index contributed by atoms with van der Waals surface area (Å²) < 4.78 is 5.85. The molecule has 1 aliphatic carbocycles. The van der Waals surface area contributed by atoms with Gasteiger partial charge in [0.15, 0.2) is 0 Å². The third-order valence-corrected chi connectivity index (χ3v) is 4.19. The van der Waals surface area contributed by atoms with E-state index in [-0.39, 0.29) is 6.04 Å². The number of aryl methyl sites for hydroxylation is 2. The van der Waals surface area contributed by atoms with Crippen LogP contribution in [0.1, 0.15) is 34.7 Å². The number of halogens is 1. The highest BCUT2D eigenvalue weighted by molar-refractivity contribution is 6.31. The van der Waals surface area contributed by atoms with E-state index in [0.717, 1.165) is 34.7 Å². The van der Waals surface area contributed by atoms with Gasteiger partial charge in [0.25, 0.3) is 0 Å². The summed E-state index contributed by atoms with van der Waals surface area (Å²) in [6.45, 7) is 2.52. The molecule has 3 rings (SSSR count). The summed E-state index contributed by atoms with van der Waals surface area (Å²) in [6, 6.07) is 12.4. The Morgan fingerprint density at radius 3 is 2.90 bits per heavy atom. The van der Waals surface area contributed by atoms with Crippen molar-refractivity contribution in [1.29, 1.82) is 0 Å². The van der Waals surface area contributed by atoms with Gasteiger partial charge in [-0.15, -0.1) is 0 Å². The molecule has 104 valence electrons. The van der Waals surface area contributed by atoms with Crippen molar-refractivity contribution in [2.75, 3.05) is 0 Å². The van der Waals surface area contributed by atoms with E-state index in [9.17, 15) is 0 Å². The minimum Gasteiger partial charge on any atom is -0.489 e. The topological polar surface area (TPSA) is 35.2 Å². The number of rotatable bonds is 3. The molecule has 0 fully saturated rings. The van der Waals surface area contributed by atoms with E-state index in [1.165, 1.54) is 11.1 Å². The first kappa shape index (κ1) is 13.5. The van der Waals surface area contributed by atoms with Crippen molar-refractivity contribution < 1.29 is 4.74 Å². The van der Waals surface area contributed by atoms with E-state index in [2.05, 4.69) is 12.1 Å². The second-order valence-corrected chi connectivity index (χ2v) is 5.80. The van der Waals surface area contributed by atoms with E-state index in [1.807, 2.05) is 31.2 Å². The molecule has 0 amide bonds. The van der Waals surface area contributed by atoms with Crippen LogP contribution in [0.25, 0.3) is 0 Å². The van der Waals surface area contributed by atoms with Crippen molar-refractivity contribution in [2.24, 2.45) is 5.73 Å². The molecule has 0 aromatic heterocycles. The van der Waals surface area contributed by atoms with Crippen LogP contribution in [0.3, 0.4) is 0 Å². The molecule has 20 heavy (non-hydrogen) atoms. The SMILES string of the molecule is Cc1ccc(COc2ccc3c(c2)CC[C@@H]3N)c(Cl)c1. The Bertz CT molecular complexity index is 639. The maximum absolute atomic E-state index is 6.21. The lowest BCUT2D eigenvalue weighted by atomic mass is 10.1. The lowest BCUT2D eigenvalue weighted by molar-refractivity contribution is 0.306. The van der Waals surface area contributed by atoms with E-state index in [0.29, 0.717) is 6.61 Å². The zero-order chi connectivity index (χ0) is 14.1. The standard InChI is InChI=1S/C17H18ClNO/c1-11-2-3-13(16(18)8-11)10-20-14-5-6-15-12(9-14)4-7-17(15)19/h2-3,5-6,8-9,17H,4,7,10,19H2,1H3/t17-/m0/s1. The Labute approximate surface area is 124 Å². The first-order valence-electron chi connectivity index (χ1n) is 6.90. The van der Waals surface area contributed by atoms with Crippen LogP contribution in [0.4, 0.5) is 0 Å². The molecule has 1 aliphatic rings. The molecular formula is C17H18ClNO. The molecule has 0 spiro atoms. The summed E-state index contributed by atoms with van der Waals surface area (Å²) in [5, 5.41) is 0.758. The van der Waals surface area contributed by atoms with E-state index < -0.39 is 0 Å². The molecule has 0 unspecified atom stereocenters. The highest BCUT2D eigenvalue weighted by Crippen LogP contribution is 2.32. The van der Waals surface area contributed by atoms with Crippen LogP contribution >= 0.6 is 11.6 Å². The monoisotopic (exact) mass is 287 g/mol. The first-order chi connectivity index (χ1) is 9.63. The lowest BCUT2D eigenvalue weighted by Crippen LogP contribution is -2.05. The minimum absolute atomic E-state index is 0.186. The number of ether oxygens (including phenoxy) is 1. The molecule has 0 bridgehead atoms. The zero-order valence-electron chi connectivity index (χ0n) is 11.5. The van der Waals surface area contributed by atoms with Gasteiger partial charge in [-0.2, -0.15) is 0 Å². The number of hydrogen-bond acceptors (Lipinski definition) is 2. The normalized spacial score (nSPS) is 17.1. The summed E-state index contributed by atoms with van der Waals surface area (Å²) in [5.74, 6) is 0.884. The molecule has 2 aromatic rings. The Morgan fingerprint density at radius 1 is 1.25 bits per heavy atom. The van der Waals surface area contributed by atoms with Crippen LogP contribution in [0, 0.1) is 6.92 Å². The predicted octanol–water partition coefficient (Wildman–Crippen LogP) is 4.17. The maximum Gasteiger partial charge on any atom is 0.120 e. The number of benzene rings is 2. The molecule has 3 heteroatoms. The van der Waals surface area contributed by atoms with Gasteiger partial charge in [0, 0.05) is 16.6 Å². The fourth-order valence-electron chi connectivity index (χ4n) is 2.65. The van der Waals surface area contributed by atoms with Crippen LogP contribution in [0.5, 0.6) is 5.75 Å². The average molecular weight is 288 g/mol. The average Bonchev–Trinajstić information content (AvgIpc) is 2.79. The van der Waals surface area contributed by atoms with Crippen molar-refractivity contribution in [3.05, 3.63) is 63.7 Å². The van der Waals surface area contributed by atoms with Crippen LogP contribution in [-0.2, 0) is 13.0 Å². The third kappa shape index (κ3) is 2.67. The molecule has 0 heterocycles. The number of nitrogens with two attached hydrogens (primary N) is 1. The summed E-state index contributed by atoms with van der Waals surface area (Å²) in [5.41, 5.74) is 10.8. The van der Waals surface area contributed by atoms with Gasteiger partial charge in [0.1, 0.15) is 12.4 Å². The summed E-state index contributed by atoms with van der Waals surface area (Å²) >= 11 is 6.21. The van der Waals surface area contributed by atoms with Gasteiger partial charge in [-0.3, -0.25) is 0 Å². The van der Waals surface area contributed by atoms with Crippen LogP contribution in [-0.4, -0.2) is 0 Å². The molecular weight excluding hydrogens is 270 g/mol. The van der Waals surface area contributed by atoms with E-state index in [1.54, 1.807) is 0 Å². The summed E-state index contributed by atoms with van der Waals surface area (Å²) in [6.07, 6.45) is 2.07. The molecule has 0 aliphatic heterocycles.